The van der Waals surface area contributed by atoms with E-state index in [0.717, 1.165) is 18.4 Å². The van der Waals surface area contributed by atoms with Crippen LogP contribution in [0.15, 0.2) is 24.3 Å². The van der Waals surface area contributed by atoms with Crippen molar-refractivity contribution in [3.63, 3.8) is 0 Å². The lowest BCUT2D eigenvalue weighted by molar-refractivity contribution is -0.124. The van der Waals surface area contributed by atoms with Crippen LogP contribution >= 0.6 is 0 Å². The number of hydrogen-bond acceptors (Lipinski definition) is 4. The van der Waals surface area contributed by atoms with Crippen LogP contribution in [0.4, 0.5) is 0 Å². The number of nitrogens with zero attached hydrogens (tertiary/aromatic N) is 1. The number of amides is 1. The summed E-state index contributed by atoms with van der Waals surface area (Å²) in [5.41, 5.74) is 1.16. The van der Waals surface area contributed by atoms with E-state index in [1.807, 2.05) is 29.2 Å². The number of aliphatic hydroxyl groups excluding tert-OH is 1. The lowest BCUT2D eigenvalue weighted by Crippen LogP contribution is -2.57. The van der Waals surface area contributed by atoms with Crippen LogP contribution in [0.3, 0.4) is 0 Å². The van der Waals surface area contributed by atoms with E-state index >= 15 is 0 Å². The highest BCUT2D eigenvalue weighted by Crippen LogP contribution is 2.35. The van der Waals surface area contributed by atoms with Gasteiger partial charge in [0, 0.05) is 25.8 Å². The van der Waals surface area contributed by atoms with Gasteiger partial charge in [0.25, 0.3) is 5.91 Å². The molecule has 0 unspecified atom stereocenters. The van der Waals surface area contributed by atoms with Crippen LogP contribution in [-0.4, -0.2) is 54.4 Å². The number of methoxy groups -OCH3 is 1. The van der Waals surface area contributed by atoms with Gasteiger partial charge in [-0.2, -0.15) is 0 Å². The minimum atomic E-state index is -0.552. The second-order valence-corrected chi connectivity index (χ2v) is 6.18. The molecule has 22 heavy (non-hydrogen) atoms. The molecule has 1 amide bonds. The Morgan fingerprint density at radius 2 is 2.23 bits per heavy atom. The van der Waals surface area contributed by atoms with E-state index in [2.05, 4.69) is 0 Å². The second-order valence-electron chi connectivity index (χ2n) is 6.18. The third-order valence-corrected chi connectivity index (χ3v) is 4.67. The number of benzene rings is 1. The van der Waals surface area contributed by atoms with Crippen LogP contribution in [0.2, 0.25) is 0 Å². The first kappa shape index (κ1) is 15.5. The van der Waals surface area contributed by atoms with Gasteiger partial charge in [0.05, 0.1) is 19.3 Å². The van der Waals surface area contributed by atoms with Crippen molar-refractivity contribution in [3.05, 3.63) is 35.4 Å². The highest BCUT2D eigenvalue weighted by atomic mass is 16.5. The fourth-order valence-corrected chi connectivity index (χ4v) is 3.42. The number of aliphatic hydroxyl groups is 1. The maximum atomic E-state index is 12.7. The van der Waals surface area contributed by atoms with Gasteiger partial charge in [-0.25, -0.2) is 0 Å². The van der Waals surface area contributed by atoms with Crippen LogP contribution in [0.1, 0.15) is 35.2 Å². The monoisotopic (exact) mass is 305 g/mol. The predicted octanol–water partition coefficient (Wildman–Crippen LogP) is 1.59. The number of rotatable bonds is 3. The summed E-state index contributed by atoms with van der Waals surface area (Å²) in [6, 6.07) is 7.50. The molecule has 3 rings (SSSR count). The zero-order valence-corrected chi connectivity index (χ0v) is 13.0. The number of ether oxygens (including phenoxy) is 2. The van der Waals surface area contributed by atoms with Gasteiger partial charge in [-0.3, -0.25) is 4.79 Å². The van der Waals surface area contributed by atoms with Crippen LogP contribution in [0.5, 0.6) is 0 Å². The summed E-state index contributed by atoms with van der Waals surface area (Å²) in [4.78, 5) is 14.5. The molecule has 1 spiro atoms. The molecule has 2 fully saturated rings. The van der Waals surface area contributed by atoms with Crippen molar-refractivity contribution in [1.82, 2.24) is 4.90 Å². The molecule has 0 saturated carbocycles. The third-order valence-electron chi connectivity index (χ3n) is 4.67. The minimum Gasteiger partial charge on any atom is -0.390 e. The topological polar surface area (TPSA) is 59.0 Å². The molecule has 0 radical (unpaired) electrons. The SMILES string of the molecule is COCc1ccc(C(=O)N2CC[C@H](O)[C@]3(CCCO3)C2)cc1. The summed E-state index contributed by atoms with van der Waals surface area (Å²) in [5, 5.41) is 10.2. The molecule has 0 bridgehead atoms. The van der Waals surface area contributed by atoms with Crippen molar-refractivity contribution < 1.29 is 19.4 Å². The Kier molecular flexibility index (Phi) is 4.47. The van der Waals surface area contributed by atoms with Gasteiger partial charge in [-0.15, -0.1) is 0 Å². The molecule has 1 N–H and O–H groups in total. The first-order valence-electron chi connectivity index (χ1n) is 7.84. The summed E-state index contributed by atoms with van der Waals surface area (Å²) in [5.74, 6) is 0.00532. The first-order valence-corrected chi connectivity index (χ1v) is 7.84. The zero-order chi connectivity index (χ0) is 15.6. The lowest BCUT2D eigenvalue weighted by atomic mass is 9.87. The molecule has 1 aromatic carbocycles. The average Bonchev–Trinajstić information content (AvgIpc) is 3.00. The smallest absolute Gasteiger partial charge is 0.253 e. The maximum Gasteiger partial charge on any atom is 0.253 e. The molecular weight excluding hydrogens is 282 g/mol. The van der Waals surface area contributed by atoms with Gasteiger partial charge in [-0.1, -0.05) is 12.1 Å². The maximum absolute atomic E-state index is 12.7. The number of carbonyl (C=O) groups excluding carboxylic acids is 1. The summed E-state index contributed by atoms with van der Waals surface area (Å²) in [6.07, 6.45) is 1.88. The molecule has 0 aromatic heterocycles. The van der Waals surface area contributed by atoms with E-state index in [-0.39, 0.29) is 5.91 Å². The minimum absolute atomic E-state index is 0.00532. The van der Waals surface area contributed by atoms with Gasteiger partial charge >= 0.3 is 0 Å². The van der Waals surface area contributed by atoms with Gasteiger partial charge in [0.2, 0.25) is 0 Å². The van der Waals surface area contributed by atoms with Crippen LogP contribution < -0.4 is 0 Å². The predicted molar refractivity (Wildman–Crippen MR) is 81.6 cm³/mol. The number of likely N-dealkylation sites (tertiary alicyclic amines) is 1. The Morgan fingerprint density at radius 3 is 2.86 bits per heavy atom. The van der Waals surface area contributed by atoms with E-state index < -0.39 is 11.7 Å². The molecule has 5 nitrogen and oxygen atoms in total. The standard InChI is InChI=1S/C17H23NO4/c1-21-11-13-3-5-14(6-4-13)16(20)18-9-7-15(19)17(12-18)8-2-10-22-17/h3-6,15,19H,2,7-12H2,1H3/t15-,17-/m0/s1. The van der Waals surface area contributed by atoms with Crippen LogP contribution in [-0.2, 0) is 16.1 Å². The molecule has 1 aromatic rings. The summed E-state index contributed by atoms with van der Waals surface area (Å²) in [7, 11) is 1.65. The Bertz CT molecular complexity index is 522. The average molecular weight is 305 g/mol. The first-order chi connectivity index (χ1) is 10.6. The number of hydrogen-bond donors (Lipinski definition) is 1. The van der Waals surface area contributed by atoms with Gasteiger partial charge < -0.3 is 19.5 Å². The lowest BCUT2D eigenvalue weighted by Gasteiger charge is -2.43. The zero-order valence-electron chi connectivity index (χ0n) is 13.0. The van der Waals surface area contributed by atoms with Gasteiger partial charge in [0.15, 0.2) is 0 Å². The molecule has 0 aliphatic carbocycles. The van der Waals surface area contributed by atoms with Crippen molar-refractivity contribution in [2.24, 2.45) is 0 Å². The van der Waals surface area contributed by atoms with Crippen molar-refractivity contribution in [2.45, 2.75) is 37.6 Å². The molecule has 2 atom stereocenters. The quantitative estimate of drug-likeness (QED) is 0.921. The third kappa shape index (κ3) is 2.89. The van der Waals surface area contributed by atoms with Crippen molar-refractivity contribution in [1.29, 1.82) is 0 Å². The Hall–Kier alpha value is -1.43. The normalized spacial score (nSPS) is 28.3. The largest absolute Gasteiger partial charge is 0.390 e. The highest BCUT2D eigenvalue weighted by Gasteiger charge is 2.47. The van der Waals surface area contributed by atoms with Crippen molar-refractivity contribution >= 4 is 5.91 Å². The Labute approximate surface area is 130 Å². The van der Waals surface area contributed by atoms with E-state index in [9.17, 15) is 9.90 Å². The molecule has 2 saturated heterocycles. The summed E-state index contributed by atoms with van der Waals surface area (Å²) < 4.78 is 10.9. The molecule has 5 heteroatoms. The molecule has 120 valence electrons. The van der Waals surface area contributed by atoms with Gasteiger partial charge in [-0.05, 0) is 37.0 Å². The summed E-state index contributed by atoms with van der Waals surface area (Å²) >= 11 is 0. The van der Waals surface area contributed by atoms with E-state index in [0.29, 0.717) is 38.3 Å². The van der Waals surface area contributed by atoms with Gasteiger partial charge in [0.1, 0.15) is 5.60 Å². The van der Waals surface area contributed by atoms with Crippen LogP contribution in [0, 0.1) is 0 Å². The van der Waals surface area contributed by atoms with Crippen molar-refractivity contribution in [2.75, 3.05) is 26.8 Å². The van der Waals surface area contributed by atoms with Crippen molar-refractivity contribution in [3.8, 4) is 0 Å². The second kappa shape index (κ2) is 6.36. The van der Waals surface area contributed by atoms with E-state index in [1.54, 1.807) is 7.11 Å². The van der Waals surface area contributed by atoms with E-state index in [4.69, 9.17) is 9.47 Å². The fraction of sp³-hybridized carbons (Fsp3) is 0.588. The molecule has 2 aliphatic rings. The summed E-state index contributed by atoms with van der Waals surface area (Å²) in [6.45, 7) is 2.27. The fourth-order valence-electron chi connectivity index (χ4n) is 3.42. The highest BCUT2D eigenvalue weighted by molar-refractivity contribution is 5.94. The molecular formula is C17H23NO4. The molecule has 2 aliphatic heterocycles. The number of piperidine rings is 1. The van der Waals surface area contributed by atoms with Crippen LogP contribution in [0.25, 0.3) is 0 Å². The Balaban J connectivity index is 1.71. The van der Waals surface area contributed by atoms with E-state index in [1.165, 1.54) is 0 Å². The molecule has 2 heterocycles. The number of carbonyl (C=O) groups is 1. The Morgan fingerprint density at radius 1 is 1.45 bits per heavy atom.